The highest BCUT2D eigenvalue weighted by Gasteiger charge is 2.73. The maximum atomic E-state index is 14.6. The molecular weight excluding hydrogens is 390 g/mol. The molecule has 4 rings (SSSR count). The average Bonchev–Trinajstić information content (AvgIpc) is 2.92. The van der Waals surface area contributed by atoms with Crippen LogP contribution in [0, 0.1) is 17.1 Å². The SMILES string of the molecule is N#Cc1cc(F)cc(Oc2ccc3c4c2C(F)CC4(O)C(F)(F)S3(O)O)c1. The van der Waals surface area contributed by atoms with Crippen molar-refractivity contribution in [2.75, 3.05) is 0 Å². The highest BCUT2D eigenvalue weighted by Crippen LogP contribution is 2.78. The third-order valence-corrected chi connectivity index (χ3v) is 6.75. The molecule has 1 aliphatic heterocycles. The molecule has 3 N–H and O–H groups in total. The fourth-order valence-electron chi connectivity index (χ4n) is 3.56. The summed E-state index contributed by atoms with van der Waals surface area (Å²) in [5.74, 6) is -1.27. The van der Waals surface area contributed by atoms with Gasteiger partial charge in [0.05, 0.1) is 16.5 Å². The van der Waals surface area contributed by atoms with E-state index in [-0.39, 0.29) is 17.1 Å². The normalized spacial score (nSPS) is 27.7. The van der Waals surface area contributed by atoms with Crippen molar-refractivity contribution in [2.45, 2.75) is 28.3 Å². The lowest BCUT2D eigenvalue weighted by atomic mass is 9.96. The second kappa shape index (κ2) is 5.36. The Kier molecular flexibility index (Phi) is 3.58. The number of aliphatic hydroxyl groups is 1. The lowest BCUT2D eigenvalue weighted by Gasteiger charge is -2.38. The smallest absolute Gasteiger partial charge is 0.374 e. The summed E-state index contributed by atoms with van der Waals surface area (Å²) in [5, 5.41) is 14.9. The summed E-state index contributed by atoms with van der Waals surface area (Å²) in [6.07, 6.45) is -3.14. The fourth-order valence-corrected chi connectivity index (χ4v) is 5.31. The van der Waals surface area contributed by atoms with Crippen molar-refractivity contribution in [2.24, 2.45) is 0 Å². The number of nitriles is 1. The summed E-state index contributed by atoms with van der Waals surface area (Å²) in [5.41, 5.74) is -4.23. The van der Waals surface area contributed by atoms with Crippen LogP contribution in [0.25, 0.3) is 0 Å². The quantitative estimate of drug-likeness (QED) is 0.628. The van der Waals surface area contributed by atoms with E-state index >= 15 is 0 Å². The van der Waals surface area contributed by atoms with Crippen LogP contribution in [0.3, 0.4) is 0 Å². The average molecular weight is 401 g/mol. The predicted octanol–water partition coefficient (Wildman–Crippen LogP) is 4.81. The molecule has 0 spiro atoms. The summed E-state index contributed by atoms with van der Waals surface area (Å²) in [6.45, 7) is 0. The number of halogens is 4. The molecule has 0 amide bonds. The third kappa shape index (κ3) is 2.17. The van der Waals surface area contributed by atoms with Crippen LogP contribution < -0.4 is 4.74 Å². The van der Waals surface area contributed by atoms with Gasteiger partial charge in [0.1, 0.15) is 23.5 Å². The predicted molar refractivity (Wildman–Crippen MR) is 86.1 cm³/mol. The summed E-state index contributed by atoms with van der Waals surface area (Å²) < 4.78 is 82.3. The fraction of sp³-hybridized carbons (Fsp3) is 0.235. The molecule has 2 unspecified atom stereocenters. The van der Waals surface area contributed by atoms with Crippen LogP contribution in [0.4, 0.5) is 17.6 Å². The lowest BCUT2D eigenvalue weighted by Crippen LogP contribution is -2.42. The van der Waals surface area contributed by atoms with Gasteiger partial charge >= 0.3 is 5.25 Å². The molecule has 10 heteroatoms. The molecule has 0 saturated heterocycles. The van der Waals surface area contributed by atoms with Gasteiger partial charge in [-0.2, -0.15) is 14.0 Å². The van der Waals surface area contributed by atoms with Gasteiger partial charge in [-0.05, 0) is 24.3 Å². The maximum absolute atomic E-state index is 14.6. The monoisotopic (exact) mass is 401 g/mol. The molecule has 2 aliphatic rings. The van der Waals surface area contributed by atoms with Gasteiger partial charge in [-0.15, -0.1) is 10.6 Å². The maximum Gasteiger partial charge on any atom is 0.374 e. The molecular formula is C17H11F4NO4S. The van der Waals surface area contributed by atoms with Crippen molar-refractivity contribution in [3.8, 4) is 17.6 Å². The van der Waals surface area contributed by atoms with E-state index < -0.39 is 55.9 Å². The molecule has 0 radical (unpaired) electrons. The van der Waals surface area contributed by atoms with E-state index in [2.05, 4.69) is 0 Å². The highest BCUT2D eigenvalue weighted by molar-refractivity contribution is 8.25. The molecule has 1 heterocycles. The van der Waals surface area contributed by atoms with Gasteiger partial charge in [0.15, 0.2) is 5.60 Å². The zero-order chi connectivity index (χ0) is 19.8. The Morgan fingerprint density at radius 2 is 1.93 bits per heavy atom. The highest BCUT2D eigenvalue weighted by atomic mass is 32.3. The van der Waals surface area contributed by atoms with Crippen molar-refractivity contribution in [1.29, 1.82) is 5.26 Å². The first-order valence-corrected chi connectivity index (χ1v) is 9.15. The summed E-state index contributed by atoms with van der Waals surface area (Å²) in [4.78, 5) is -0.644. The van der Waals surface area contributed by atoms with Crippen molar-refractivity contribution in [1.82, 2.24) is 0 Å². The van der Waals surface area contributed by atoms with Gasteiger partial charge in [0, 0.05) is 23.6 Å². The van der Waals surface area contributed by atoms with Crippen molar-refractivity contribution in [3.63, 3.8) is 0 Å². The van der Waals surface area contributed by atoms with Crippen LogP contribution in [0.2, 0.25) is 0 Å². The molecule has 0 saturated carbocycles. The van der Waals surface area contributed by atoms with E-state index in [9.17, 15) is 31.8 Å². The molecule has 27 heavy (non-hydrogen) atoms. The summed E-state index contributed by atoms with van der Waals surface area (Å²) in [7, 11) is -4.70. The van der Waals surface area contributed by atoms with Crippen LogP contribution in [0.15, 0.2) is 35.2 Å². The minimum absolute atomic E-state index is 0.0726. The molecule has 142 valence electrons. The van der Waals surface area contributed by atoms with E-state index in [1.165, 1.54) is 6.07 Å². The van der Waals surface area contributed by atoms with Gasteiger partial charge < -0.3 is 9.84 Å². The zero-order valence-corrected chi connectivity index (χ0v) is 14.1. The van der Waals surface area contributed by atoms with Crippen LogP contribution in [0.5, 0.6) is 11.5 Å². The van der Waals surface area contributed by atoms with Crippen LogP contribution in [0.1, 0.15) is 29.3 Å². The van der Waals surface area contributed by atoms with Crippen LogP contribution in [-0.2, 0) is 5.60 Å². The first kappa shape index (κ1) is 18.1. The Labute approximate surface area is 151 Å². The van der Waals surface area contributed by atoms with Gasteiger partial charge in [-0.1, -0.05) is 0 Å². The Balaban J connectivity index is 1.89. The summed E-state index contributed by atoms with van der Waals surface area (Å²) in [6, 6.07) is 6.69. The number of nitrogens with zero attached hydrogens (tertiary/aromatic N) is 1. The Morgan fingerprint density at radius 3 is 2.59 bits per heavy atom. The van der Waals surface area contributed by atoms with E-state index in [0.29, 0.717) is 0 Å². The van der Waals surface area contributed by atoms with Crippen LogP contribution >= 0.6 is 10.6 Å². The Bertz CT molecular complexity index is 1020. The summed E-state index contributed by atoms with van der Waals surface area (Å²) >= 11 is 0. The number of hydrogen-bond acceptors (Lipinski definition) is 5. The molecule has 0 aromatic heterocycles. The standard InChI is InChI=1S/C17H11F4NO4S/c18-9-3-8(7-22)4-10(5-9)26-12-1-2-13-15-14(12)11(19)6-16(15,23)17(20,21)27(13,24)25/h1-5,11,23-25H,6H2. The molecule has 0 bridgehead atoms. The first-order chi connectivity index (χ1) is 12.5. The van der Waals surface area contributed by atoms with Crippen molar-refractivity contribution < 1.29 is 36.5 Å². The van der Waals surface area contributed by atoms with Crippen molar-refractivity contribution >= 4 is 10.6 Å². The second-order valence-corrected chi connectivity index (χ2v) is 8.39. The van der Waals surface area contributed by atoms with Gasteiger partial charge in [0.2, 0.25) is 0 Å². The molecule has 0 fully saturated rings. The number of rotatable bonds is 2. The Morgan fingerprint density at radius 1 is 1.22 bits per heavy atom. The van der Waals surface area contributed by atoms with Gasteiger partial charge in [0.25, 0.3) is 0 Å². The minimum atomic E-state index is -4.70. The largest absolute Gasteiger partial charge is 0.457 e. The van der Waals surface area contributed by atoms with E-state index in [0.717, 1.165) is 24.3 Å². The topological polar surface area (TPSA) is 93.7 Å². The van der Waals surface area contributed by atoms with Crippen molar-refractivity contribution in [3.05, 3.63) is 52.8 Å². The molecule has 2 aromatic carbocycles. The first-order valence-electron chi connectivity index (χ1n) is 7.61. The van der Waals surface area contributed by atoms with Gasteiger partial charge in [-0.25, -0.2) is 8.78 Å². The number of hydrogen-bond donors (Lipinski definition) is 3. The Hall–Kier alpha value is -2.32. The lowest BCUT2D eigenvalue weighted by molar-refractivity contribution is -0.136. The minimum Gasteiger partial charge on any atom is -0.457 e. The second-order valence-electron chi connectivity index (χ2n) is 6.34. The number of alkyl halides is 3. The molecule has 1 aliphatic carbocycles. The van der Waals surface area contributed by atoms with E-state index in [1.54, 1.807) is 6.07 Å². The van der Waals surface area contributed by atoms with Crippen LogP contribution in [-0.4, -0.2) is 19.5 Å². The molecule has 5 nitrogen and oxygen atoms in total. The number of ether oxygens (including phenoxy) is 1. The number of benzene rings is 2. The van der Waals surface area contributed by atoms with E-state index in [1.807, 2.05) is 0 Å². The third-order valence-electron chi connectivity index (χ3n) is 4.74. The zero-order valence-electron chi connectivity index (χ0n) is 13.3. The van der Waals surface area contributed by atoms with E-state index in [4.69, 9.17) is 10.00 Å². The molecule has 2 atom stereocenters. The van der Waals surface area contributed by atoms with Gasteiger partial charge in [-0.3, -0.25) is 9.11 Å². The molecule has 2 aromatic rings.